The molecule has 7 heteroatoms. The molecule has 2 unspecified atom stereocenters. The Kier molecular flexibility index (Phi) is 4.83. The van der Waals surface area contributed by atoms with Crippen molar-refractivity contribution in [2.45, 2.75) is 12.8 Å². The van der Waals surface area contributed by atoms with Crippen LogP contribution in [0.15, 0.2) is 90.7 Å². The lowest BCUT2D eigenvalue weighted by atomic mass is 9.96. The van der Waals surface area contributed by atoms with E-state index in [0.717, 1.165) is 46.1 Å². The molecule has 3 aliphatic rings. The summed E-state index contributed by atoms with van der Waals surface area (Å²) in [7, 11) is 0. The third kappa shape index (κ3) is 3.22. The molecule has 2 aliphatic heterocycles. The minimum atomic E-state index is -2.55. The second-order valence-corrected chi connectivity index (χ2v) is 20.6. The Morgan fingerprint density at radius 2 is 1.32 bits per heavy atom. The van der Waals surface area contributed by atoms with Gasteiger partial charge in [0.15, 0.2) is 0 Å². The van der Waals surface area contributed by atoms with Gasteiger partial charge in [-0.3, -0.25) is 0 Å². The molecular formula is C24H18O2P2S3. The maximum Gasteiger partial charge on any atom is 0.205 e. The van der Waals surface area contributed by atoms with E-state index >= 15 is 0 Å². The van der Waals surface area contributed by atoms with Crippen LogP contribution in [0.2, 0.25) is 0 Å². The Bertz CT molecular complexity index is 1390. The van der Waals surface area contributed by atoms with E-state index in [1.807, 2.05) is 30.3 Å². The Morgan fingerprint density at radius 3 is 2.13 bits per heavy atom. The fourth-order valence-corrected chi connectivity index (χ4v) is 22.8. The van der Waals surface area contributed by atoms with Crippen LogP contribution in [-0.4, -0.2) is 0 Å². The van der Waals surface area contributed by atoms with E-state index in [0.29, 0.717) is 0 Å². The van der Waals surface area contributed by atoms with Gasteiger partial charge in [-0.2, -0.15) is 0 Å². The topological polar surface area (TPSA) is 18.5 Å². The quantitative estimate of drug-likeness (QED) is 0.350. The average Bonchev–Trinajstić information content (AvgIpc) is 2.79. The molecule has 0 amide bonds. The molecule has 3 aromatic rings. The predicted molar refractivity (Wildman–Crippen MR) is 141 cm³/mol. The lowest BCUT2D eigenvalue weighted by molar-refractivity contribution is 0.503. The van der Waals surface area contributed by atoms with Gasteiger partial charge in [-0.1, -0.05) is 60.7 Å². The largest absolute Gasteiger partial charge is 0.452 e. The van der Waals surface area contributed by atoms with E-state index in [1.54, 1.807) is 11.0 Å². The summed E-state index contributed by atoms with van der Waals surface area (Å²) in [6.07, 6.45) is 6.25. The normalized spacial score (nSPS) is 25.4. The number of hydrogen-bond acceptors (Lipinski definition) is 5. The smallest absolute Gasteiger partial charge is 0.205 e. The van der Waals surface area contributed by atoms with Crippen LogP contribution in [0.1, 0.15) is 18.4 Å². The van der Waals surface area contributed by atoms with Crippen molar-refractivity contribution in [3.63, 3.8) is 0 Å². The van der Waals surface area contributed by atoms with E-state index in [1.165, 1.54) is 11.1 Å². The highest BCUT2D eigenvalue weighted by molar-refractivity contribution is 9.00. The summed E-state index contributed by atoms with van der Waals surface area (Å²) < 4.78 is 13.2. The van der Waals surface area contributed by atoms with Gasteiger partial charge in [0.25, 0.3) is 0 Å². The van der Waals surface area contributed by atoms with Crippen molar-refractivity contribution in [1.82, 2.24) is 0 Å². The van der Waals surface area contributed by atoms with Crippen molar-refractivity contribution in [1.29, 1.82) is 0 Å². The van der Waals surface area contributed by atoms with Crippen LogP contribution in [0, 0.1) is 0 Å². The number of para-hydroxylation sites is 1. The molecule has 0 radical (unpaired) electrons. The molecule has 154 valence electrons. The molecule has 2 heterocycles. The lowest BCUT2D eigenvalue weighted by Crippen LogP contribution is -2.20. The summed E-state index contributed by atoms with van der Waals surface area (Å²) in [6.45, 7) is 0. The molecule has 3 aromatic carbocycles. The SMILES string of the molecule is S=P1(SP2(=S)Oc3ccccc3-c3ccccc32)OC2=C(CCC=C2)c2ccccc21. The molecule has 6 rings (SSSR count). The molecule has 0 aromatic heterocycles. The van der Waals surface area contributed by atoms with Crippen LogP contribution in [0.3, 0.4) is 0 Å². The highest BCUT2D eigenvalue weighted by atomic mass is 33.2. The first-order chi connectivity index (χ1) is 15.1. The number of hydrogen-bond donors (Lipinski definition) is 0. The minimum Gasteiger partial charge on any atom is -0.452 e. The van der Waals surface area contributed by atoms with Crippen LogP contribution in [-0.2, 0) is 28.1 Å². The fraction of sp³-hybridized carbons (Fsp3) is 0.0833. The molecule has 0 bridgehead atoms. The second kappa shape index (κ2) is 7.47. The average molecular weight is 497 g/mol. The number of fused-ring (bicyclic) bond motifs is 5. The maximum atomic E-state index is 6.64. The lowest BCUT2D eigenvalue weighted by Gasteiger charge is -2.37. The van der Waals surface area contributed by atoms with Gasteiger partial charge >= 0.3 is 0 Å². The summed E-state index contributed by atoms with van der Waals surface area (Å²) in [4.78, 5) is 0. The van der Waals surface area contributed by atoms with Gasteiger partial charge in [-0.15, -0.1) is 0 Å². The van der Waals surface area contributed by atoms with E-state index in [2.05, 4.69) is 54.6 Å². The first kappa shape index (κ1) is 20.0. The summed E-state index contributed by atoms with van der Waals surface area (Å²) in [5.74, 6) is 1.74. The van der Waals surface area contributed by atoms with Crippen LogP contribution < -0.4 is 15.1 Å². The Morgan fingerprint density at radius 1 is 0.710 bits per heavy atom. The van der Waals surface area contributed by atoms with Gasteiger partial charge in [-0.25, -0.2) is 0 Å². The van der Waals surface area contributed by atoms with Crippen molar-refractivity contribution in [3.8, 4) is 16.9 Å². The minimum absolute atomic E-state index is 0.835. The van der Waals surface area contributed by atoms with Gasteiger partial charge in [0.1, 0.15) is 11.5 Å². The Labute approximate surface area is 196 Å². The first-order valence-corrected chi connectivity index (χ1v) is 17.5. The van der Waals surface area contributed by atoms with Crippen molar-refractivity contribution in [2.75, 3.05) is 0 Å². The van der Waals surface area contributed by atoms with Crippen LogP contribution in [0.4, 0.5) is 0 Å². The zero-order valence-corrected chi connectivity index (χ0v) is 20.7. The van der Waals surface area contributed by atoms with Crippen molar-refractivity contribution >= 4 is 61.7 Å². The molecule has 0 fully saturated rings. The maximum absolute atomic E-state index is 6.64. The van der Waals surface area contributed by atoms with Gasteiger partial charge < -0.3 is 9.05 Å². The van der Waals surface area contributed by atoms with E-state index < -0.39 is 10.9 Å². The van der Waals surface area contributed by atoms with Crippen molar-refractivity contribution in [2.24, 2.45) is 0 Å². The van der Waals surface area contributed by atoms with Crippen LogP contribution in [0.5, 0.6) is 5.75 Å². The van der Waals surface area contributed by atoms with Gasteiger partial charge in [0.05, 0.1) is 0 Å². The standard InChI is InChI=1S/C24H18O2P2S3/c29-27(23-15-7-3-11-19(23)17-9-1-5-13-21(17)25-27)31-28(30)24-16-8-4-12-20(24)18-10-2-6-14-22(18)26-28/h1,3-9,11-16H,2,10H2. The highest BCUT2D eigenvalue weighted by Gasteiger charge is 2.43. The predicted octanol–water partition coefficient (Wildman–Crippen LogP) is 7.14. The van der Waals surface area contributed by atoms with Crippen molar-refractivity contribution in [3.05, 3.63) is 96.3 Å². The van der Waals surface area contributed by atoms with Gasteiger partial charge in [-0.05, 0) is 82.9 Å². The van der Waals surface area contributed by atoms with Crippen molar-refractivity contribution < 1.29 is 9.05 Å². The van der Waals surface area contributed by atoms with Gasteiger partial charge in [0, 0.05) is 21.7 Å². The molecule has 2 atom stereocenters. The number of allylic oxidation sites excluding steroid dienone is 3. The summed E-state index contributed by atoms with van der Waals surface area (Å²) in [6, 6.07) is 24.9. The Hall–Kier alpha value is -1.61. The third-order valence-electron chi connectivity index (χ3n) is 5.68. The molecule has 0 saturated carbocycles. The number of benzene rings is 3. The van der Waals surface area contributed by atoms with E-state index in [9.17, 15) is 0 Å². The van der Waals surface area contributed by atoms with E-state index in [-0.39, 0.29) is 0 Å². The zero-order valence-electron chi connectivity index (χ0n) is 16.4. The number of rotatable bonds is 2. The zero-order chi connectivity index (χ0) is 21.1. The van der Waals surface area contributed by atoms with E-state index in [4.69, 9.17) is 32.7 Å². The molecule has 2 nitrogen and oxygen atoms in total. The summed E-state index contributed by atoms with van der Waals surface area (Å²) >= 11 is 14.2. The fourth-order valence-electron chi connectivity index (χ4n) is 4.29. The molecule has 1 aliphatic carbocycles. The molecule has 0 spiro atoms. The van der Waals surface area contributed by atoms with Crippen LogP contribution >= 0.6 is 21.9 Å². The van der Waals surface area contributed by atoms with Gasteiger partial charge in [0.2, 0.25) is 10.9 Å². The summed E-state index contributed by atoms with van der Waals surface area (Å²) in [5.41, 5.74) is -0.380. The Balaban J connectivity index is 1.50. The summed E-state index contributed by atoms with van der Waals surface area (Å²) in [5, 5.41) is 2.17. The highest BCUT2D eigenvalue weighted by Crippen LogP contribution is 2.80. The first-order valence-electron chi connectivity index (χ1n) is 10.1. The molecule has 31 heavy (non-hydrogen) atoms. The molecular weight excluding hydrogens is 478 g/mol. The third-order valence-corrected chi connectivity index (χ3v) is 21.0. The molecule has 0 saturated heterocycles. The van der Waals surface area contributed by atoms with Crippen LogP contribution in [0.25, 0.3) is 16.7 Å². The monoisotopic (exact) mass is 496 g/mol. The molecule has 0 N–H and O–H groups in total. The second-order valence-electron chi connectivity index (χ2n) is 7.57.